The van der Waals surface area contributed by atoms with Crippen LogP contribution in [0.25, 0.3) is 39.4 Å². The van der Waals surface area contributed by atoms with Crippen molar-refractivity contribution in [2.45, 2.75) is 31.3 Å². The average molecular weight is 659 g/mol. The Hall–Kier alpha value is -5.34. The van der Waals surface area contributed by atoms with E-state index in [2.05, 4.69) is 34.7 Å². The molecule has 5 heterocycles. The lowest BCUT2D eigenvalue weighted by molar-refractivity contribution is -0.0964. The van der Waals surface area contributed by atoms with Crippen molar-refractivity contribution in [2.75, 3.05) is 11.9 Å². The molecule has 6 aromatic rings. The molecule has 1 amide bonds. The van der Waals surface area contributed by atoms with Gasteiger partial charge in [-0.05, 0) is 55.5 Å². The molecule has 0 bridgehead atoms. The smallest absolute Gasteiger partial charge is 0.420 e. The monoisotopic (exact) mass is 658 g/mol. The summed E-state index contributed by atoms with van der Waals surface area (Å²) in [6.07, 6.45) is 4.81. The van der Waals surface area contributed by atoms with E-state index < -0.39 is 17.6 Å². The van der Waals surface area contributed by atoms with Crippen LogP contribution in [0.4, 0.5) is 18.9 Å². The van der Waals surface area contributed by atoms with Crippen LogP contribution in [0.5, 0.6) is 5.75 Å². The van der Waals surface area contributed by atoms with Crippen LogP contribution in [-0.4, -0.2) is 52.4 Å². The largest absolute Gasteiger partial charge is 0.487 e. The first-order valence-corrected chi connectivity index (χ1v) is 14.8. The molecule has 0 saturated heterocycles. The maximum absolute atomic E-state index is 15.6. The SMILES string of the molecule is C[C@@H]1COCc2nc3cc(C(=O)Nc4ccc(OC(F)(F)Cl)cc4)cc(-c4cnc5c(c4)-c4nn(-c6ncccn6)cc4C5F)c3n21. The van der Waals surface area contributed by atoms with Crippen LogP contribution >= 0.6 is 11.6 Å². The lowest BCUT2D eigenvalue weighted by Crippen LogP contribution is -2.21. The van der Waals surface area contributed by atoms with Gasteiger partial charge in [-0.2, -0.15) is 5.10 Å². The topological polar surface area (TPSA) is 122 Å². The minimum Gasteiger partial charge on any atom is -0.420 e. The third kappa shape index (κ3) is 5.15. The summed E-state index contributed by atoms with van der Waals surface area (Å²) >= 11 is 4.85. The van der Waals surface area contributed by atoms with Gasteiger partial charge in [-0.3, -0.25) is 9.78 Å². The summed E-state index contributed by atoms with van der Waals surface area (Å²) in [4.78, 5) is 31.3. The summed E-state index contributed by atoms with van der Waals surface area (Å²) in [5.41, 5.74) is 0.904. The van der Waals surface area contributed by atoms with Gasteiger partial charge in [0.25, 0.3) is 5.91 Å². The van der Waals surface area contributed by atoms with Gasteiger partial charge in [-0.15, -0.1) is 8.78 Å². The van der Waals surface area contributed by atoms with Crippen LogP contribution in [0.1, 0.15) is 46.6 Å². The number of halogens is 4. The van der Waals surface area contributed by atoms with Crippen LogP contribution < -0.4 is 10.1 Å². The number of rotatable bonds is 6. The average Bonchev–Trinajstić information content (AvgIpc) is 3.73. The highest BCUT2D eigenvalue weighted by molar-refractivity contribution is 6.20. The van der Waals surface area contributed by atoms with Gasteiger partial charge >= 0.3 is 5.57 Å². The Balaban J connectivity index is 1.21. The van der Waals surface area contributed by atoms with Gasteiger partial charge in [-0.1, -0.05) is 0 Å². The van der Waals surface area contributed by atoms with Gasteiger partial charge in [0.05, 0.1) is 29.4 Å². The minimum absolute atomic E-state index is 0.0472. The molecule has 0 fully saturated rings. The fourth-order valence-corrected chi connectivity index (χ4v) is 6.09. The summed E-state index contributed by atoms with van der Waals surface area (Å²) in [6, 6.07) is 12.2. The number of alkyl halides is 4. The first-order valence-electron chi connectivity index (χ1n) is 14.4. The molecule has 1 aliphatic carbocycles. The minimum atomic E-state index is -3.86. The highest BCUT2D eigenvalue weighted by Crippen LogP contribution is 2.46. The normalized spacial score (nSPS) is 16.9. The molecule has 11 nitrogen and oxygen atoms in total. The summed E-state index contributed by atoms with van der Waals surface area (Å²) in [5.74, 6) is 0.365. The van der Waals surface area contributed by atoms with Crippen LogP contribution in [0.2, 0.25) is 0 Å². The van der Waals surface area contributed by atoms with Crippen molar-refractivity contribution in [3.8, 4) is 34.1 Å². The Morgan fingerprint density at radius 2 is 1.89 bits per heavy atom. The number of ether oxygens (including phenoxy) is 2. The van der Waals surface area contributed by atoms with E-state index in [9.17, 15) is 13.6 Å². The third-order valence-corrected chi connectivity index (χ3v) is 8.07. The van der Waals surface area contributed by atoms with E-state index >= 15 is 4.39 Å². The molecular weight excluding hydrogens is 637 g/mol. The number of carbonyl (C=O) groups excluding carboxylic acids is 1. The lowest BCUT2D eigenvalue weighted by atomic mass is 9.99. The Labute approximate surface area is 269 Å². The molecule has 8 rings (SSSR count). The summed E-state index contributed by atoms with van der Waals surface area (Å²) in [6.45, 7) is 2.79. The molecular formula is C32H22ClF3N8O3. The van der Waals surface area contributed by atoms with E-state index in [1.807, 2.05) is 13.0 Å². The number of fused-ring (bicyclic) bond motifs is 6. The number of amides is 1. The Bertz CT molecular complexity index is 2180. The van der Waals surface area contributed by atoms with Crippen molar-refractivity contribution < 1.29 is 27.4 Å². The van der Waals surface area contributed by atoms with Crippen molar-refractivity contribution in [2.24, 2.45) is 0 Å². The first-order chi connectivity index (χ1) is 22.6. The number of benzene rings is 2. The van der Waals surface area contributed by atoms with Crippen molar-refractivity contribution in [3.63, 3.8) is 0 Å². The number of nitrogens with zero attached hydrogens (tertiary/aromatic N) is 7. The number of aromatic nitrogens is 7. The molecule has 2 atom stereocenters. The van der Waals surface area contributed by atoms with Gasteiger partial charge in [0, 0.05) is 69.9 Å². The summed E-state index contributed by atoms with van der Waals surface area (Å²) in [5, 5.41) is 7.37. The van der Waals surface area contributed by atoms with Crippen molar-refractivity contribution in [1.82, 2.24) is 34.3 Å². The molecule has 2 aliphatic rings. The lowest BCUT2D eigenvalue weighted by Gasteiger charge is -2.23. The van der Waals surface area contributed by atoms with E-state index in [-0.39, 0.29) is 23.0 Å². The molecule has 47 heavy (non-hydrogen) atoms. The van der Waals surface area contributed by atoms with E-state index in [4.69, 9.17) is 21.3 Å². The number of hydrogen-bond donors (Lipinski definition) is 1. The molecule has 4 aromatic heterocycles. The number of imidazole rings is 1. The number of pyridine rings is 1. The predicted octanol–water partition coefficient (Wildman–Crippen LogP) is 6.62. The van der Waals surface area contributed by atoms with E-state index in [0.29, 0.717) is 64.1 Å². The van der Waals surface area contributed by atoms with E-state index in [0.717, 1.165) is 5.52 Å². The third-order valence-electron chi connectivity index (χ3n) is 7.99. The summed E-state index contributed by atoms with van der Waals surface area (Å²) < 4.78 is 55.3. The zero-order chi connectivity index (χ0) is 32.4. The van der Waals surface area contributed by atoms with Crippen LogP contribution in [0.15, 0.2) is 73.3 Å². The highest BCUT2D eigenvalue weighted by atomic mass is 35.5. The van der Waals surface area contributed by atoms with Crippen molar-refractivity contribution >= 4 is 34.2 Å². The second-order valence-corrected chi connectivity index (χ2v) is 11.6. The quantitative estimate of drug-likeness (QED) is 0.198. The number of carbonyl (C=O) groups is 1. The first kappa shape index (κ1) is 29.1. The molecule has 2 aromatic carbocycles. The van der Waals surface area contributed by atoms with Gasteiger partial charge in [0.1, 0.15) is 23.9 Å². The highest BCUT2D eigenvalue weighted by Gasteiger charge is 2.35. The Morgan fingerprint density at radius 3 is 2.66 bits per heavy atom. The van der Waals surface area contributed by atoms with Gasteiger partial charge < -0.3 is 19.4 Å². The van der Waals surface area contributed by atoms with E-state index in [1.54, 1.807) is 43.0 Å². The van der Waals surface area contributed by atoms with Gasteiger partial charge in [-0.25, -0.2) is 24.0 Å². The molecule has 0 radical (unpaired) electrons. The standard InChI is InChI=1S/C32H22ClF3N8O3/c1-16-14-46-15-25-41-24-11-17(30(45)40-19-3-5-20(6-4-19)47-32(33,35)36)9-21(29(24)44(16)25)18-10-22-27-23(26(34)28(22)39-12-18)13-43(42-27)31-37-7-2-8-38-31/h2-13,16,26H,14-15H2,1H3,(H,40,45)/t16-,26?/m1/s1. The molecule has 1 aliphatic heterocycles. The van der Waals surface area contributed by atoms with Gasteiger partial charge in [0.2, 0.25) is 5.95 Å². The number of anilines is 1. The molecule has 0 saturated carbocycles. The maximum atomic E-state index is 15.6. The zero-order valence-corrected chi connectivity index (χ0v) is 25.1. The second-order valence-electron chi connectivity index (χ2n) is 11.1. The molecule has 1 unspecified atom stereocenters. The van der Waals surface area contributed by atoms with Crippen LogP contribution in [0.3, 0.4) is 0 Å². The Morgan fingerprint density at radius 1 is 1.11 bits per heavy atom. The number of nitrogens with one attached hydrogen (secondary N) is 1. The van der Waals surface area contributed by atoms with Crippen molar-refractivity contribution in [1.29, 1.82) is 0 Å². The van der Waals surface area contributed by atoms with Crippen LogP contribution in [-0.2, 0) is 11.3 Å². The fourth-order valence-electron chi connectivity index (χ4n) is 6.00. The van der Waals surface area contributed by atoms with E-state index in [1.165, 1.54) is 28.9 Å². The van der Waals surface area contributed by atoms with Crippen LogP contribution in [0, 0.1) is 0 Å². The molecule has 1 N–H and O–H groups in total. The second kappa shape index (κ2) is 10.9. The maximum Gasteiger partial charge on any atom is 0.487 e. The fraction of sp³-hybridized carbons (Fsp3) is 0.188. The van der Waals surface area contributed by atoms with Crippen molar-refractivity contribution in [3.05, 3.63) is 96.0 Å². The predicted molar refractivity (Wildman–Crippen MR) is 164 cm³/mol. The Kier molecular flexibility index (Phi) is 6.74. The molecule has 15 heteroatoms. The van der Waals surface area contributed by atoms with Gasteiger partial charge in [0.15, 0.2) is 6.17 Å². The summed E-state index contributed by atoms with van der Waals surface area (Å²) in [7, 11) is 0. The molecule has 0 spiro atoms. The molecule has 236 valence electrons. The number of hydrogen-bond acceptors (Lipinski definition) is 8. The zero-order valence-electron chi connectivity index (χ0n) is 24.4.